The van der Waals surface area contributed by atoms with E-state index in [0.29, 0.717) is 25.3 Å². The van der Waals surface area contributed by atoms with Crippen LogP contribution in [0.15, 0.2) is 23.4 Å². The molecular formula is C10H16N4O3S. The summed E-state index contributed by atoms with van der Waals surface area (Å²) in [6, 6.07) is 1.38. The van der Waals surface area contributed by atoms with Gasteiger partial charge in [0.1, 0.15) is 4.90 Å². The van der Waals surface area contributed by atoms with Gasteiger partial charge in [-0.25, -0.2) is 8.42 Å². The van der Waals surface area contributed by atoms with E-state index in [4.69, 9.17) is 10.6 Å². The molecule has 0 aliphatic carbocycles. The Morgan fingerprint density at radius 1 is 1.61 bits per heavy atom. The van der Waals surface area contributed by atoms with Crippen molar-refractivity contribution in [2.75, 3.05) is 25.7 Å². The van der Waals surface area contributed by atoms with Crippen LogP contribution in [0.5, 0.6) is 0 Å². The number of nitrogens with two attached hydrogens (primary N) is 1. The molecule has 7 nitrogen and oxygen atoms in total. The molecule has 1 aliphatic rings. The number of rotatable bonds is 4. The number of hydrogen-bond donors (Lipinski definition) is 2. The Balaban J connectivity index is 2.35. The van der Waals surface area contributed by atoms with Crippen molar-refractivity contribution in [2.24, 2.45) is 5.84 Å². The Hall–Kier alpha value is -1.22. The van der Waals surface area contributed by atoms with Crippen LogP contribution in [-0.2, 0) is 14.8 Å². The number of aromatic nitrogens is 1. The van der Waals surface area contributed by atoms with E-state index in [1.165, 1.54) is 22.8 Å². The Morgan fingerprint density at radius 2 is 2.39 bits per heavy atom. The second kappa shape index (κ2) is 5.19. The van der Waals surface area contributed by atoms with E-state index in [-0.39, 0.29) is 10.9 Å². The van der Waals surface area contributed by atoms with Gasteiger partial charge in [0.25, 0.3) is 0 Å². The van der Waals surface area contributed by atoms with E-state index < -0.39 is 10.0 Å². The molecule has 1 fully saturated rings. The van der Waals surface area contributed by atoms with Gasteiger partial charge in [0, 0.05) is 26.0 Å². The third kappa shape index (κ3) is 2.32. The molecule has 1 atom stereocenters. The Labute approximate surface area is 106 Å². The van der Waals surface area contributed by atoms with Crippen molar-refractivity contribution >= 4 is 15.7 Å². The average Bonchev–Trinajstić information content (AvgIpc) is 2.91. The number of nitrogens with zero attached hydrogens (tertiary/aromatic N) is 2. The zero-order valence-corrected chi connectivity index (χ0v) is 10.9. The van der Waals surface area contributed by atoms with Crippen LogP contribution in [0.2, 0.25) is 0 Å². The molecule has 0 radical (unpaired) electrons. The summed E-state index contributed by atoms with van der Waals surface area (Å²) in [4.78, 5) is 3.91. The van der Waals surface area contributed by atoms with E-state index >= 15 is 0 Å². The lowest BCUT2D eigenvalue weighted by Crippen LogP contribution is -2.37. The fourth-order valence-electron chi connectivity index (χ4n) is 1.86. The number of nitrogens with one attached hydrogen (secondary N) is 1. The highest BCUT2D eigenvalue weighted by Crippen LogP contribution is 2.25. The van der Waals surface area contributed by atoms with Crippen molar-refractivity contribution in [3.05, 3.63) is 18.5 Å². The second-order valence-electron chi connectivity index (χ2n) is 4.05. The molecule has 2 rings (SSSR count). The van der Waals surface area contributed by atoms with Crippen LogP contribution in [0, 0.1) is 0 Å². The maximum absolute atomic E-state index is 12.4. The van der Waals surface area contributed by atoms with Crippen molar-refractivity contribution in [1.29, 1.82) is 0 Å². The van der Waals surface area contributed by atoms with Crippen molar-refractivity contribution < 1.29 is 13.2 Å². The first-order chi connectivity index (χ1) is 8.57. The molecule has 0 spiro atoms. The minimum absolute atomic E-state index is 0.0712. The van der Waals surface area contributed by atoms with Crippen molar-refractivity contribution in [2.45, 2.75) is 17.4 Å². The summed E-state index contributed by atoms with van der Waals surface area (Å²) in [5.74, 6) is 5.32. The summed E-state index contributed by atoms with van der Waals surface area (Å²) < 4.78 is 31.4. The van der Waals surface area contributed by atoms with Gasteiger partial charge < -0.3 is 10.2 Å². The molecule has 8 heteroatoms. The molecule has 1 unspecified atom stereocenters. The highest BCUT2D eigenvalue weighted by Gasteiger charge is 2.32. The van der Waals surface area contributed by atoms with Gasteiger partial charge in [0.15, 0.2) is 0 Å². The zero-order valence-electron chi connectivity index (χ0n) is 10.0. The van der Waals surface area contributed by atoms with Crippen LogP contribution < -0.4 is 11.3 Å². The van der Waals surface area contributed by atoms with E-state index in [2.05, 4.69) is 10.4 Å². The average molecular weight is 272 g/mol. The molecule has 0 aromatic carbocycles. The lowest BCUT2D eigenvalue weighted by Gasteiger charge is -2.23. The summed E-state index contributed by atoms with van der Waals surface area (Å²) in [5.41, 5.74) is 2.70. The summed E-state index contributed by atoms with van der Waals surface area (Å²) in [6.45, 7) is 1.00. The molecule has 0 bridgehead atoms. The number of hydrogen-bond acceptors (Lipinski definition) is 6. The van der Waals surface area contributed by atoms with Crippen LogP contribution in [0.3, 0.4) is 0 Å². The molecule has 1 saturated heterocycles. The highest BCUT2D eigenvalue weighted by atomic mass is 32.2. The van der Waals surface area contributed by atoms with Gasteiger partial charge in [0.2, 0.25) is 10.0 Å². The van der Waals surface area contributed by atoms with Crippen LogP contribution in [-0.4, -0.2) is 44.0 Å². The Kier molecular flexibility index (Phi) is 3.81. The Morgan fingerprint density at radius 3 is 3.00 bits per heavy atom. The molecule has 0 amide bonds. The number of hydrazine groups is 1. The van der Waals surface area contributed by atoms with E-state index in [1.807, 2.05) is 0 Å². The lowest BCUT2D eigenvalue weighted by molar-refractivity contribution is 0.181. The number of nitrogen functional groups attached to an aromatic ring is 1. The van der Waals surface area contributed by atoms with Gasteiger partial charge in [-0.2, -0.15) is 4.31 Å². The van der Waals surface area contributed by atoms with Gasteiger partial charge in [-0.15, -0.1) is 0 Å². The molecular weight excluding hydrogens is 256 g/mol. The van der Waals surface area contributed by atoms with Crippen LogP contribution in [0.1, 0.15) is 6.42 Å². The number of anilines is 1. The molecule has 100 valence electrons. The predicted octanol–water partition coefficient (Wildman–Crippen LogP) is -0.223. The van der Waals surface area contributed by atoms with E-state index in [9.17, 15) is 8.42 Å². The zero-order chi connectivity index (χ0) is 13.2. The summed E-state index contributed by atoms with van der Waals surface area (Å²) in [7, 11) is -2.07. The van der Waals surface area contributed by atoms with E-state index in [0.717, 1.165) is 0 Å². The maximum atomic E-state index is 12.4. The van der Waals surface area contributed by atoms with Gasteiger partial charge in [-0.05, 0) is 12.5 Å². The predicted molar refractivity (Wildman–Crippen MR) is 66.2 cm³/mol. The van der Waals surface area contributed by atoms with E-state index in [1.54, 1.807) is 7.05 Å². The molecule has 1 aromatic rings. The first-order valence-electron chi connectivity index (χ1n) is 5.54. The molecule has 18 heavy (non-hydrogen) atoms. The maximum Gasteiger partial charge on any atom is 0.246 e. The lowest BCUT2D eigenvalue weighted by atomic mass is 10.3. The first-order valence-corrected chi connectivity index (χ1v) is 6.98. The van der Waals surface area contributed by atoms with Gasteiger partial charge in [0.05, 0.1) is 18.3 Å². The Bertz CT molecular complexity index is 514. The summed E-state index contributed by atoms with van der Waals surface area (Å²) in [5, 5.41) is 0. The molecule has 3 N–H and O–H groups in total. The molecule has 1 aromatic heterocycles. The quantitative estimate of drug-likeness (QED) is 0.581. The van der Waals surface area contributed by atoms with Gasteiger partial charge in [-0.3, -0.25) is 10.8 Å². The number of sulfonamides is 1. The molecule has 1 aliphatic heterocycles. The topological polar surface area (TPSA) is 97.5 Å². The minimum atomic E-state index is -3.62. The standard InChI is InChI=1S/C10H16N4O3S/c1-14(8-3-5-17-7-8)18(15,16)10-6-12-4-2-9(10)13-11/h2,4,6,8H,3,5,7,11H2,1H3,(H,12,13). The smallest absolute Gasteiger partial charge is 0.246 e. The normalized spacial score (nSPS) is 20.3. The molecule has 2 heterocycles. The van der Waals surface area contributed by atoms with Gasteiger partial charge >= 0.3 is 0 Å². The number of pyridine rings is 1. The largest absolute Gasteiger partial charge is 0.380 e. The van der Waals surface area contributed by atoms with Gasteiger partial charge in [-0.1, -0.05) is 0 Å². The third-order valence-electron chi connectivity index (χ3n) is 3.02. The fourth-order valence-corrected chi connectivity index (χ4v) is 3.33. The fraction of sp³-hybridized carbons (Fsp3) is 0.500. The third-order valence-corrected chi connectivity index (χ3v) is 4.95. The van der Waals surface area contributed by atoms with Crippen molar-refractivity contribution in [1.82, 2.24) is 9.29 Å². The summed E-state index contributed by atoms with van der Waals surface area (Å²) >= 11 is 0. The second-order valence-corrected chi connectivity index (χ2v) is 6.02. The number of likely N-dealkylation sites (N-methyl/N-ethyl adjacent to an activating group) is 1. The van der Waals surface area contributed by atoms with Crippen LogP contribution in [0.4, 0.5) is 5.69 Å². The number of ether oxygens (including phenoxy) is 1. The highest BCUT2D eigenvalue weighted by molar-refractivity contribution is 7.89. The summed E-state index contributed by atoms with van der Waals surface area (Å²) in [6.07, 6.45) is 3.46. The minimum Gasteiger partial charge on any atom is -0.380 e. The first kappa shape index (κ1) is 13.2. The van der Waals surface area contributed by atoms with Crippen molar-refractivity contribution in [3.8, 4) is 0 Å². The molecule has 0 saturated carbocycles. The van der Waals surface area contributed by atoms with Crippen LogP contribution >= 0.6 is 0 Å². The van der Waals surface area contributed by atoms with Crippen molar-refractivity contribution in [3.63, 3.8) is 0 Å². The SMILES string of the molecule is CN(C1CCOC1)S(=O)(=O)c1cnccc1NN. The van der Waals surface area contributed by atoms with Crippen LogP contribution in [0.25, 0.3) is 0 Å². The monoisotopic (exact) mass is 272 g/mol.